The number of methoxy groups -OCH3 is 1. The van der Waals surface area contributed by atoms with E-state index in [-0.39, 0.29) is 11.3 Å². The number of carbonyl (C=O) groups excluding carboxylic acids is 1. The van der Waals surface area contributed by atoms with Crippen LogP contribution in [0.4, 0.5) is 5.69 Å². The molecule has 0 bridgehead atoms. The molecule has 28 heavy (non-hydrogen) atoms. The van der Waals surface area contributed by atoms with Gasteiger partial charge in [-0.05, 0) is 59.1 Å². The van der Waals surface area contributed by atoms with Crippen molar-refractivity contribution in [2.24, 2.45) is 0 Å². The summed E-state index contributed by atoms with van der Waals surface area (Å²) in [5, 5.41) is 10.9. The Balaban J connectivity index is 0.000000292. The van der Waals surface area contributed by atoms with Gasteiger partial charge in [0.15, 0.2) is 0 Å². The number of hydrogen-bond acceptors (Lipinski definition) is 6. The lowest BCUT2D eigenvalue weighted by Gasteiger charge is -2.05. The number of aromatic nitrogens is 2. The number of nitrogens with zero attached hydrogens (tertiary/aromatic N) is 3. The highest BCUT2D eigenvalue weighted by Crippen LogP contribution is 2.25. The molecule has 144 valence electrons. The van der Waals surface area contributed by atoms with Crippen LogP contribution in [0.1, 0.15) is 21.5 Å². The minimum atomic E-state index is -0.623. The van der Waals surface area contributed by atoms with Crippen LogP contribution < -0.4 is 0 Å². The molecule has 0 unspecified atom stereocenters. The molecule has 0 saturated heterocycles. The summed E-state index contributed by atoms with van der Waals surface area (Å²) >= 11 is 3.23. The maximum Gasteiger partial charge on any atom is 0.338 e. The number of hydrogen-bond donors (Lipinski definition) is 0. The summed E-state index contributed by atoms with van der Waals surface area (Å²) in [6.07, 6.45) is 3.48. The zero-order chi connectivity index (χ0) is 20.7. The molecular formula is C20H18BrN3O4. The van der Waals surface area contributed by atoms with Crippen LogP contribution in [0.5, 0.6) is 0 Å². The van der Waals surface area contributed by atoms with Crippen molar-refractivity contribution in [1.82, 2.24) is 9.97 Å². The Morgan fingerprint density at radius 1 is 1.04 bits per heavy atom. The van der Waals surface area contributed by atoms with Crippen molar-refractivity contribution in [3.63, 3.8) is 0 Å². The molecule has 7 nitrogen and oxygen atoms in total. The molecule has 0 radical (unpaired) electrons. The summed E-state index contributed by atoms with van der Waals surface area (Å²) < 4.78 is 5.49. The Morgan fingerprint density at radius 3 is 2.14 bits per heavy atom. The second kappa shape index (κ2) is 9.70. The molecule has 0 N–H and O–H groups in total. The lowest BCUT2D eigenvalue weighted by atomic mass is 10.1. The number of esters is 1. The number of aryl methyl sites for hydroxylation is 2. The Labute approximate surface area is 170 Å². The number of rotatable bonds is 3. The molecule has 0 saturated carbocycles. The smallest absolute Gasteiger partial charge is 0.338 e. The molecule has 3 rings (SSSR count). The third-order valence-corrected chi connectivity index (χ3v) is 4.10. The lowest BCUT2D eigenvalue weighted by molar-refractivity contribution is -0.384. The fourth-order valence-corrected chi connectivity index (χ4v) is 2.42. The maximum absolute atomic E-state index is 11.6. The van der Waals surface area contributed by atoms with Crippen molar-refractivity contribution in [2.45, 2.75) is 13.8 Å². The zero-order valence-electron chi connectivity index (χ0n) is 15.5. The molecule has 0 aliphatic heterocycles. The molecular weight excluding hydrogens is 426 g/mol. The van der Waals surface area contributed by atoms with Crippen molar-refractivity contribution >= 4 is 27.6 Å². The largest absolute Gasteiger partial charge is 0.465 e. The highest BCUT2D eigenvalue weighted by Gasteiger charge is 2.16. The Morgan fingerprint density at radius 2 is 1.68 bits per heavy atom. The second-order valence-corrected chi connectivity index (χ2v) is 6.71. The topological polar surface area (TPSA) is 95.2 Å². The zero-order valence-corrected chi connectivity index (χ0v) is 17.1. The van der Waals surface area contributed by atoms with Gasteiger partial charge in [0.05, 0.1) is 23.3 Å². The van der Waals surface area contributed by atoms with Gasteiger partial charge in [0.25, 0.3) is 5.69 Å². The van der Waals surface area contributed by atoms with Gasteiger partial charge >= 0.3 is 5.97 Å². The van der Waals surface area contributed by atoms with Crippen LogP contribution in [0.3, 0.4) is 0 Å². The number of nitro benzene ring substituents is 1. The van der Waals surface area contributed by atoms with Crippen molar-refractivity contribution in [3.05, 3.63) is 86.3 Å². The van der Waals surface area contributed by atoms with E-state index in [4.69, 9.17) is 0 Å². The van der Waals surface area contributed by atoms with Crippen molar-refractivity contribution < 1.29 is 14.5 Å². The van der Waals surface area contributed by atoms with Crippen LogP contribution in [0.2, 0.25) is 0 Å². The number of ether oxygens (including phenoxy) is 1. The summed E-state index contributed by atoms with van der Waals surface area (Å²) in [6.45, 7) is 3.91. The number of pyridine rings is 2. The first kappa shape index (κ1) is 21.2. The molecule has 0 amide bonds. The summed E-state index contributed by atoms with van der Waals surface area (Å²) in [5.74, 6) is -0.623. The summed E-state index contributed by atoms with van der Waals surface area (Å²) in [4.78, 5) is 30.1. The molecule has 3 aromatic rings. The monoisotopic (exact) mass is 443 g/mol. The Hall–Kier alpha value is -3.13. The summed E-state index contributed by atoms with van der Waals surface area (Å²) in [5.41, 5.74) is 3.17. The van der Waals surface area contributed by atoms with Crippen molar-refractivity contribution in [2.75, 3.05) is 7.11 Å². The number of non-ortho nitro benzene ring substituents is 1. The summed E-state index contributed by atoms with van der Waals surface area (Å²) in [7, 11) is 1.23. The van der Waals surface area contributed by atoms with Gasteiger partial charge in [-0.25, -0.2) is 9.78 Å². The number of halogens is 1. The van der Waals surface area contributed by atoms with Gasteiger partial charge < -0.3 is 4.74 Å². The Kier molecular flexibility index (Phi) is 7.34. The first-order valence-corrected chi connectivity index (χ1v) is 8.98. The maximum atomic E-state index is 11.6. The van der Waals surface area contributed by atoms with Crippen molar-refractivity contribution in [1.29, 1.82) is 0 Å². The predicted octanol–water partition coefficient (Wildman–Crippen LogP) is 4.90. The third kappa shape index (κ3) is 5.95. The van der Waals surface area contributed by atoms with E-state index < -0.39 is 10.9 Å². The lowest BCUT2D eigenvalue weighted by Crippen LogP contribution is -2.03. The number of nitro groups is 1. The van der Waals surface area contributed by atoms with E-state index in [2.05, 4.69) is 30.6 Å². The first-order valence-electron chi connectivity index (χ1n) is 8.19. The molecule has 8 heteroatoms. The average Bonchev–Trinajstić information content (AvgIpc) is 2.70. The highest BCUT2D eigenvalue weighted by atomic mass is 79.9. The van der Waals surface area contributed by atoms with Gasteiger partial charge in [-0.1, -0.05) is 12.1 Å². The van der Waals surface area contributed by atoms with Crippen LogP contribution in [0.15, 0.2) is 59.5 Å². The molecule has 0 fully saturated rings. The van der Waals surface area contributed by atoms with Gasteiger partial charge in [0.1, 0.15) is 4.60 Å². The first-order chi connectivity index (χ1) is 13.3. The fourth-order valence-electron chi connectivity index (χ4n) is 2.19. The molecule has 2 aromatic heterocycles. The fraction of sp³-hybridized carbons (Fsp3) is 0.150. The van der Waals surface area contributed by atoms with Crippen LogP contribution in [0.25, 0.3) is 11.3 Å². The molecule has 1 aromatic carbocycles. The third-order valence-electron chi connectivity index (χ3n) is 3.63. The van der Waals surface area contributed by atoms with Gasteiger partial charge in [-0.3, -0.25) is 15.1 Å². The predicted molar refractivity (Wildman–Crippen MR) is 109 cm³/mol. The van der Waals surface area contributed by atoms with Gasteiger partial charge in [-0.2, -0.15) is 0 Å². The second-order valence-electron chi connectivity index (χ2n) is 5.90. The van der Waals surface area contributed by atoms with E-state index in [0.29, 0.717) is 11.3 Å². The van der Waals surface area contributed by atoms with Crippen LogP contribution in [-0.2, 0) is 4.74 Å². The minimum Gasteiger partial charge on any atom is -0.465 e. The normalized spacial score (nSPS) is 9.86. The molecule has 0 aliphatic carbocycles. The van der Waals surface area contributed by atoms with Crippen molar-refractivity contribution in [3.8, 4) is 11.3 Å². The van der Waals surface area contributed by atoms with E-state index in [1.165, 1.54) is 30.9 Å². The van der Waals surface area contributed by atoms with Crippen LogP contribution >= 0.6 is 15.9 Å². The van der Waals surface area contributed by atoms with Gasteiger partial charge in [0, 0.05) is 30.1 Å². The standard InChI is InChI=1S/C14H12N2O4.C6H6BrN/c1-9-3-4-13(15-8-9)10-5-11(14(17)20-2)7-12(6-10)16(18)19;1-5-2-3-6(7)8-4-5/h3-8H,1-2H3;2-4H,1H3. The van der Waals surface area contributed by atoms with E-state index in [9.17, 15) is 14.9 Å². The average molecular weight is 444 g/mol. The quantitative estimate of drug-likeness (QED) is 0.247. The number of carbonyl (C=O) groups is 1. The highest BCUT2D eigenvalue weighted by molar-refractivity contribution is 9.10. The SMILES string of the molecule is COC(=O)c1cc(-c2ccc(C)cn2)cc([N+](=O)[O-])c1.Cc1ccc(Br)nc1. The minimum absolute atomic E-state index is 0.124. The molecule has 0 spiro atoms. The van der Waals surface area contributed by atoms with Gasteiger partial charge in [0.2, 0.25) is 0 Å². The molecule has 0 atom stereocenters. The van der Waals surface area contributed by atoms with E-state index in [1.54, 1.807) is 12.3 Å². The summed E-state index contributed by atoms with van der Waals surface area (Å²) in [6, 6.07) is 11.6. The van der Waals surface area contributed by atoms with E-state index in [1.807, 2.05) is 38.2 Å². The van der Waals surface area contributed by atoms with Crippen LogP contribution in [0, 0.1) is 24.0 Å². The van der Waals surface area contributed by atoms with E-state index >= 15 is 0 Å². The van der Waals surface area contributed by atoms with Crippen LogP contribution in [-0.4, -0.2) is 28.0 Å². The molecule has 0 aliphatic rings. The number of benzene rings is 1. The molecule has 2 heterocycles. The Bertz CT molecular complexity index is 953. The van der Waals surface area contributed by atoms with E-state index in [0.717, 1.165) is 10.2 Å². The van der Waals surface area contributed by atoms with Gasteiger partial charge in [-0.15, -0.1) is 0 Å².